The number of hydrogen-bond acceptors (Lipinski definition) is 2. The molecule has 0 aromatic heterocycles. The Bertz CT molecular complexity index is 178. The molecule has 0 spiro atoms. The number of unbranched alkanes of at least 4 members (excludes halogenated alkanes) is 2. The van der Waals surface area contributed by atoms with Gasteiger partial charge in [0.25, 0.3) is 0 Å². The van der Waals surface area contributed by atoms with Crippen LogP contribution >= 0.6 is 0 Å². The summed E-state index contributed by atoms with van der Waals surface area (Å²) in [6.07, 6.45) is 7.08. The second kappa shape index (κ2) is 6.02. The number of nitrogens with one attached hydrogen (secondary N) is 1. The quantitative estimate of drug-likeness (QED) is 0.580. The number of rotatable bonds is 8. The van der Waals surface area contributed by atoms with Crippen molar-refractivity contribution in [1.29, 1.82) is 0 Å². The van der Waals surface area contributed by atoms with Gasteiger partial charge in [-0.1, -0.05) is 32.6 Å². The Hall–Kier alpha value is -0.570. The van der Waals surface area contributed by atoms with E-state index in [-0.39, 0.29) is 11.9 Å². The molecule has 1 atom stereocenters. The Morgan fingerprint density at radius 3 is 2.71 bits per heavy atom. The SMILES string of the molecule is CCCCCN[C@@H](CC1CC1)C(N)=O. The number of nitrogens with two attached hydrogens (primary N) is 1. The minimum Gasteiger partial charge on any atom is -0.368 e. The van der Waals surface area contributed by atoms with Crippen LogP contribution in [0.3, 0.4) is 0 Å². The second-order valence-corrected chi connectivity index (χ2v) is 4.30. The molecule has 14 heavy (non-hydrogen) atoms. The van der Waals surface area contributed by atoms with Crippen molar-refractivity contribution in [3.8, 4) is 0 Å². The predicted molar refractivity (Wildman–Crippen MR) is 57.9 cm³/mol. The third-order valence-electron chi connectivity index (χ3n) is 2.78. The summed E-state index contributed by atoms with van der Waals surface area (Å²) < 4.78 is 0. The molecule has 82 valence electrons. The number of primary amides is 1. The van der Waals surface area contributed by atoms with E-state index in [0.717, 1.165) is 25.3 Å². The van der Waals surface area contributed by atoms with E-state index < -0.39 is 0 Å². The van der Waals surface area contributed by atoms with Gasteiger partial charge in [-0.25, -0.2) is 0 Å². The van der Waals surface area contributed by atoms with Crippen molar-refractivity contribution in [3.63, 3.8) is 0 Å². The highest BCUT2D eigenvalue weighted by atomic mass is 16.1. The molecule has 1 aliphatic carbocycles. The summed E-state index contributed by atoms with van der Waals surface area (Å²) in [6.45, 7) is 3.10. The Labute approximate surface area is 86.4 Å². The van der Waals surface area contributed by atoms with Crippen LogP contribution in [-0.2, 0) is 4.79 Å². The van der Waals surface area contributed by atoms with Gasteiger partial charge in [0.05, 0.1) is 6.04 Å². The fourth-order valence-electron chi connectivity index (χ4n) is 1.64. The maximum absolute atomic E-state index is 11.1. The number of hydrogen-bond donors (Lipinski definition) is 2. The summed E-state index contributed by atoms with van der Waals surface area (Å²) in [5.74, 6) is 0.569. The zero-order chi connectivity index (χ0) is 10.4. The van der Waals surface area contributed by atoms with E-state index in [1.807, 2.05) is 0 Å². The number of carbonyl (C=O) groups is 1. The largest absolute Gasteiger partial charge is 0.368 e. The van der Waals surface area contributed by atoms with Crippen molar-refractivity contribution in [2.45, 2.75) is 51.5 Å². The molecule has 0 saturated heterocycles. The highest BCUT2D eigenvalue weighted by Crippen LogP contribution is 2.33. The fourth-order valence-corrected chi connectivity index (χ4v) is 1.64. The van der Waals surface area contributed by atoms with E-state index in [4.69, 9.17) is 5.73 Å². The molecular formula is C11H22N2O. The summed E-state index contributed by atoms with van der Waals surface area (Å²) in [5, 5.41) is 3.25. The lowest BCUT2D eigenvalue weighted by Gasteiger charge is -2.14. The van der Waals surface area contributed by atoms with E-state index in [1.165, 1.54) is 25.7 Å². The molecule has 3 heteroatoms. The van der Waals surface area contributed by atoms with Gasteiger partial charge in [-0.15, -0.1) is 0 Å². The predicted octanol–water partition coefficient (Wildman–Crippen LogP) is 1.42. The normalized spacial score (nSPS) is 18.1. The lowest BCUT2D eigenvalue weighted by molar-refractivity contribution is -0.120. The van der Waals surface area contributed by atoms with Gasteiger partial charge in [0.2, 0.25) is 5.91 Å². The summed E-state index contributed by atoms with van der Waals surface area (Å²) in [5.41, 5.74) is 5.33. The first-order valence-corrected chi connectivity index (χ1v) is 5.76. The zero-order valence-electron chi connectivity index (χ0n) is 9.09. The fraction of sp³-hybridized carbons (Fsp3) is 0.909. The molecule has 0 aliphatic heterocycles. The van der Waals surface area contributed by atoms with Crippen LogP contribution in [-0.4, -0.2) is 18.5 Å². The van der Waals surface area contributed by atoms with Crippen LogP contribution in [0, 0.1) is 5.92 Å². The first-order valence-electron chi connectivity index (χ1n) is 5.76. The van der Waals surface area contributed by atoms with Crippen LogP contribution in [0.15, 0.2) is 0 Å². The Morgan fingerprint density at radius 1 is 1.50 bits per heavy atom. The molecule has 0 bridgehead atoms. The van der Waals surface area contributed by atoms with Crippen molar-refractivity contribution >= 4 is 5.91 Å². The molecule has 1 rings (SSSR count). The molecule has 3 N–H and O–H groups in total. The van der Waals surface area contributed by atoms with Gasteiger partial charge < -0.3 is 11.1 Å². The average Bonchev–Trinajstić information content (AvgIpc) is 2.93. The lowest BCUT2D eigenvalue weighted by atomic mass is 10.1. The zero-order valence-corrected chi connectivity index (χ0v) is 9.09. The van der Waals surface area contributed by atoms with Gasteiger partial charge in [-0.05, 0) is 25.3 Å². The molecule has 0 aromatic rings. The maximum Gasteiger partial charge on any atom is 0.234 e. The molecule has 1 fully saturated rings. The molecule has 1 amide bonds. The Balaban J connectivity index is 2.10. The summed E-state index contributed by atoms with van der Waals surface area (Å²) >= 11 is 0. The van der Waals surface area contributed by atoms with Crippen LogP contribution in [0.4, 0.5) is 0 Å². The van der Waals surface area contributed by atoms with Gasteiger partial charge in [0.15, 0.2) is 0 Å². The molecule has 0 heterocycles. The van der Waals surface area contributed by atoms with E-state index in [0.29, 0.717) is 0 Å². The van der Waals surface area contributed by atoms with E-state index in [1.54, 1.807) is 0 Å². The molecule has 0 radical (unpaired) electrons. The minimum atomic E-state index is -0.187. The summed E-state index contributed by atoms with van der Waals surface area (Å²) in [6, 6.07) is -0.0839. The number of carbonyl (C=O) groups excluding carboxylic acids is 1. The van der Waals surface area contributed by atoms with Crippen molar-refractivity contribution in [3.05, 3.63) is 0 Å². The van der Waals surface area contributed by atoms with Crippen molar-refractivity contribution in [1.82, 2.24) is 5.32 Å². The van der Waals surface area contributed by atoms with Gasteiger partial charge in [-0.3, -0.25) is 4.79 Å². The van der Waals surface area contributed by atoms with Crippen LogP contribution in [0.25, 0.3) is 0 Å². The van der Waals surface area contributed by atoms with Gasteiger partial charge >= 0.3 is 0 Å². The van der Waals surface area contributed by atoms with Gasteiger partial charge in [0.1, 0.15) is 0 Å². The third kappa shape index (κ3) is 4.61. The van der Waals surface area contributed by atoms with Crippen LogP contribution < -0.4 is 11.1 Å². The third-order valence-corrected chi connectivity index (χ3v) is 2.78. The van der Waals surface area contributed by atoms with Gasteiger partial charge in [0, 0.05) is 0 Å². The molecule has 3 nitrogen and oxygen atoms in total. The van der Waals surface area contributed by atoms with E-state index >= 15 is 0 Å². The summed E-state index contributed by atoms with van der Waals surface area (Å²) in [4.78, 5) is 11.1. The smallest absolute Gasteiger partial charge is 0.234 e. The topological polar surface area (TPSA) is 55.1 Å². The standard InChI is InChI=1S/C11H22N2O/c1-2-3-4-7-13-10(11(12)14)8-9-5-6-9/h9-10,13H,2-8H2,1H3,(H2,12,14)/t10-/m0/s1. The van der Waals surface area contributed by atoms with Crippen LogP contribution in [0.2, 0.25) is 0 Å². The molecule has 0 unspecified atom stereocenters. The van der Waals surface area contributed by atoms with Gasteiger partial charge in [-0.2, -0.15) is 0 Å². The highest BCUT2D eigenvalue weighted by molar-refractivity contribution is 5.79. The molecule has 0 aromatic carbocycles. The maximum atomic E-state index is 11.1. The second-order valence-electron chi connectivity index (χ2n) is 4.30. The molecule has 1 aliphatic rings. The van der Waals surface area contributed by atoms with Crippen molar-refractivity contribution in [2.75, 3.05) is 6.54 Å². The van der Waals surface area contributed by atoms with Crippen molar-refractivity contribution in [2.24, 2.45) is 11.7 Å². The van der Waals surface area contributed by atoms with Crippen molar-refractivity contribution < 1.29 is 4.79 Å². The van der Waals surface area contributed by atoms with Crippen LogP contribution in [0.1, 0.15) is 45.4 Å². The number of amides is 1. The lowest BCUT2D eigenvalue weighted by Crippen LogP contribution is -2.42. The van der Waals surface area contributed by atoms with E-state index in [2.05, 4.69) is 12.2 Å². The van der Waals surface area contributed by atoms with E-state index in [9.17, 15) is 4.79 Å². The highest BCUT2D eigenvalue weighted by Gasteiger charge is 2.27. The first-order chi connectivity index (χ1) is 6.74. The average molecular weight is 198 g/mol. The summed E-state index contributed by atoms with van der Waals surface area (Å²) in [7, 11) is 0. The molecule has 1 saturated carbocycles. The minimum absolute atomic E-state index is 0.0839. The first kappa shape index (κ1) is 11.5. The van der Waals surface area contributed by atoms with Crippen LogP contribution in [0.5, 0.6) is 0 Å². The Kier molecular flexibility index (Phi) is 4.94. The monoisotopic (exact) mass is 198 g/mol. The molecular weight excluding hydrogens is 176 g/mol. The Morgan fingerprint density at radius 2 is 2.21 bits per heavy atom.